The molecule has 0 aromatic heterocycles. The van der Waals surface area contributed by atoms with E-state index in [2.05, 4.69) is 181 Å². The van der Waals surface area contributed by atoms with Crippen molar-refractivity contribution in [2.75, 3.05) is 4.90 Å². The van der Waals surface area contributed by atoms with E-state index in [0.717, 1.165) is 17.1 Å². The van der Waals surface area contributed by atoms with Crippen molar-refractivity contribution in [3.05, 3.63) is 176 Å². The van der Waals surface area contributed by atoms with Gasteiger partial charge in [-0.1, -0.05) is 127 Å². The van der Waals surface area contributed by atoms with Crippen molar-refractivity contribution in [1.82, 2.24) is 0 Å². The molecule has 1 aliphatic rings. The van der Waals surface area contributed by atoms with Crippen LogP contribution in [0.2, 0.25) is 0 Å². The molecule has 0 heterocycles. The van der Waals surface area contributed by atoms with Gasteiger partial charge < -0.3 is 4.90 Å². The number of hydrogen-bond donors (Lipinski definition) is 0. The first-order chi connectivity index (χ1) is 22.3. The maximum absolute atomic E-state index is 2.35. The van der Waals surface area contributed by atoms with E-state index < -0.39 is 0 Å². The van der Waals surface area contributed by atoms with Gasteiger partial charge in [0.05, 0.1) is 0 Å². The molecule has 8 aromatic rings. The Bertz CT molecular complexity index is 2280. The van der Waals surface area contributed by atoms with Gasteiger partial charge in [-0.3, -0.25) is 0 Å². The molecule has 0 fully saturated rings. The lowest BCUT2D eigenvalue weighted by molar-refractivity contribution is 1.28. The van der Waals surface area contributed by atoms with Gasteiger partial charge in [-0.2, -0.15) is 0 Å². The van der Waals surface area contributed by atoms with Gasteiger partial charge in [0, 0.05) is 17.1 Å². The predicted molar refractivity (Wildman–Crippen MR) is 191 cm³/mol. The van der Waals surface area contributed by atoms with Crippen molar-refractivity contribution < 1.29 is 0 Å². The van der Waals surface area contributed by atoms with Gasteiger partial charge in [-0.25, -0.2) is 0 Å². The summed E-state index contributed by atoms with van der Waals surface area (Å²) < 4.78 is 0. The Labute approximate surface area is 263 Å². The van der Waals surface area contributed by atoms with Gasteiger partial charge in [0.15, 0.2) is 0 Å². The minimum atomic E-state index is 1.13. The summed E-state index contributed by atoms with van der Waals surface area (Å²) in [6.07, 6.45) is 0. The SMILES string of the molecule is c1ccc(N(c2ccccc2)c2ccc(-c3ccc4ccc(-c5ccc6c7c(cccc57)-c5ccccc5-6)cc4c3)cc2)cc1. The standard InChI is InChI=1S/C44H29N/c1-3-10-35(11-4-1)45(36-12-5-2-6-13-36)37-24-22-30(23-25-37)32-20-18-31-19-21-33(29-34(31)28-32)38-26-27-43-40-15-8-7-14-39(40)42-17-9-16-41(38)44(42)43/h1-29H. The van der Waals surface area contributed by atoms with E-state index in [4.69, 9.17) is 0 Å². The number of fused-ring (bicyclic) bond motifs is 4. The van der Waals surface area contributed by atoms with Crippen LogP contribution >= 0.6 is 0 Å². The highest BCUT2D eigenvalue weighted by atomic mass is 15.1. The third kappa shape index (κ3) is 4.24. The van der Waals surface area contributed by atoms with Crippen LogP contribution in [0.3, 0.4) is 0 Å². The lowest BCUT2D eigenvalue weighted by Gasteiger charge is -2.25. The highest BCUT2D eigenvalue weighted by molar-refractivity contribution is 6.18. The number of nitrogens with zero attached hydrogens (tertiary/aromatic N) is 1. The van der Waals surface area contributed by atoms with Crippen LogP contribution in [0.15, 0.2) is 176 Å². The van der Waals surface area contributed by atoms with Crippen LogP contribution in [0.1, 0.15) is 0 Å². The second kappa shape index (κ2) is 10.4. The van der Waals surface area contributed by atoms with E-state index >= 15 is 0 Å². The van der Waals surface area contributed by atoms with Gasteiger partial charge in [0.25, 0.3) is 0 Å². The molecule has 0 amide bonds. The van der Waals surface area contributed by atoms with Crippen molar-refractivity contribution in [2.45, 2.75) is 0 Å². The highest BCUT2D eigenvalue weighted by Crippen LogP contribution is 2.49. The Kier molecular flexibility index (Phi) is 5.89. The summed E-state index contributed by atoms with van der Waals surface area (Å²) in [5.41, 5.74) is 13.7. The van der Waals surface area contributed by atoms with E-state index in [0.29, 0.717) is 0 Å². The topological polar surface area (TPSA) is 3.24 Å². The normalized spacial score (nSPS) is 11.6. The van der Waals surface area contributed by atoms with E-state index in [-0.39, 0.29) is 0 Å². The number of rotatable bonds is 5. The molecule has 0 aliphatic heterocycles. The van der Waals surface area contributed by atoms with Crippen LogP contribution in [0.4, 0.5) is 17.1 Å². The maximum atomic E-state index is 2.35. The van der Waals surface area contributed by atoms with Crippen LogP contribution in [-0.2, 0) is 0 Å². The van der Waals surface area contributed by atoms with E-state index in [1.54, 1.807) is 0 Å². The minimum Gasteiger partial charge on any atom is -0.311 e. The van der Waals surface area contributed by atoms with Gasteiger partial charge in [0.1, 0.15) is 0 Å². The van der Waals surface area contributed by atoms with Crippen LogP contribution in [-0.4, -0.2) is 0 Å². The summed E-state index contributed by atoms with van der Waals surface area (Å²) >= 11 is 0. The summed E-state index contributed by atoms with van der Waals surface area (Å²) in [5, 5.41) is 5.17. The Morgan fingerprint density at radius 1 is 0.289 bits per heavy atom. The zero-order valence-electron chi connectivity index (χ0n) is 24.7. The van der Waals surface area contributed by atoms with Crippen LogP contribution in [0.25, 0.3) is 66.1 Å². The number of benzene rings is 8. The molecule has 0 saturated carbocycles. The molecule has 1 aliphatic carbocycles. The quantitative estimate of drug-likeness (QED) is 0.199. The molecule has 0 spiro atoms. The molecule has 1 heteroatoms. The Hall–Kier alpha value is -5.92. The molecular weight excluding hydrogens is 542 g/mol. The first-order valence-electron chi connectivity index (χ1n) is 15.5. The molecule has 210 valence electrons. The molecule has 0 atom stereocenters. The zero-order valence-corrected chi connectivity index (χ0v) is 24.7. The molecule has 1 nitrogen and oxygen atoms in total. The Balaban J connectivity index is 1.10. The number of para-hydroxylation sites is 2. The number of anilines is 3. The van der Waals surface area contributed by atoms with E-state index in [9.17, 15) is 0 Å². The molecule has 0 unspecified atom stereocenters. The van der Waals surface area contributed by atoms with Crippen molar-refractivity contribution in [2.24, 2.45) is 0 Å². The Morgan fingerprint density at radius 2 is 0.800 bits per heavy atom. The monoisotopic (exact) mass is 571 g/mol. The summed E-state index contributed by atoms with van der Waals surface area (Å²) in [4.78, 5) is 2.30. The minimum absolute atomic E-state index is 1.13. The van der Waals surface area contributed by atoms with E-state index in [1.807, 2.05) is 0 Å². The van der Waals surface area contributed by atoms with Crippen molar-refractivity contribution >= 4 is 38.6 Å². The fourth-order valence-electron chi connectivity index (χ4n) is 7.06. The molecule has 0 radical (unpaired) electrons. The van der Waals surface area contributed by atoms with Gasteiger partial charge in [-0.15, -0.1) is 0 Å². The first-order valence-corrected chi connectivity index (χ1v) is 15.5. The van der Waals surface area contributed by atoms with Crippen molar-refractivity contribution in [1.29, 1.82) is 0 Å². The molecule has 9 rings (SSSR count). The lowest BCUT2D eigenvalue weighted by Crippen LogP contribution is -2.09. The fourth-order valence-corrected chi connectivity index (χ4v) is 7.06. The van der Waals surface area contributed by atoms with Gasteiger partial charge in [0.2, 0.25) is 0 Å². The molecular formula is C44H29N. The fraction of sp³-hybridized carbons (Fsp3) is 0. The second-order valence-electron chi connectivity index (χ2n) is 11.8. The zero-order chi connectivity index (χ0) is 29.7. The average molecular weight is 572 g/mol. The van der Waals surface area contributed by atoms with Crippen molar-refractivity contribution in [3.63, 3.8) is 0 Å². The Morgan fingerprint density at radius 3 is 1.49 bits per heavy atom. The largest absolute Gasteiger partial charge is 0.311 e. The third-order valence-corrected chi connectivity index (χ3v) is 9.19. The summed E-state index contributed by atoms with van der Waals surface area (Å²) in [7, 11) is 0. The van der Waals surface area contributed by atoms with Gasteiger partial charge in [-0.05, 0) is 115 Å². The van der Waals surface area contributed by atoms with Crippen LogP contribution in [0.5, 0.6) is 0 Å². The van der Waals surface area contributed by atoms with E-state index in [1.165, 1.54) is 66.1 Å². The highest BCUT2D eigenvalue weighted by Gasteiger charge is 2.22. The predicted octanol–water partition coefficient (Wildman–Crippen LogP) is 12.4. The van der Waals surface area contributed by atoms with Crippen molar-refractivity contribution in [3.8, 4) is 44.5 Å². The molecule has 0 saturated heterocycles. The van der Waals surface area contributed by atoms with Gasteiger partial charge >= 0.3 is 0 Å². The maximum Gasteiger partial charge on any atom is 0.0462 e. The third-order valence-electron chi connectivity index (χ3n) is 9.19. The summed E-state index contributed by atoms with van der Waals surface area (Å²) in [6, 6.07) is 63.8. The molecule has 0 bridgehead atoms. The molecule has 0 N–H and O–H groups in total. The molecule has 45 heavy (non-hydrogen) atoms. The second-order valence-corrected chi connectivity index (χ2v) is 11.8. The smallest absolute Gasteiger partial charge is 0.0462 e. The van der Waals surface area contributed by atoms with Crippen LogP contribution in [0, 0.1) is 0 Å². The molecule has 8 aromatic carbocycles. The summed E-state index contributed by atoms with van der Waals surface area (Å²) in [6.45, 7) is 0. The lowest BCUT2D eigenvalue weighted by atomic mass is 9.92. The number of hydrogen-bond acceptors (Lipinski definition) is 1. The first kappa shape index (κ1) is 25.6. The average Bonchev–Trinajstić information content (AvgIpc) is 3.44. The summed E-state index contributed by atoms with van der Waals surface area (Å²) in [5.74, 6) is 0. The van der Waals surface area contributed by atoms with Crippen LogP contribution < -0.4 is 4.90 Å².